The molecule has 1 atom stereocenters. The number of benzene rings is 2. The SMILES string of the molecule is CC[C@]1(c2ccc(F)cc2)NC(=O)N(CC(=O)Nc2cccc(OC)c2)C1=O. The van der Waals surface area contributed by atoms with E-state index < -0.39 is 35.7 Å². The first-order valence-corrected chi connectivity index (χ1v) is 8.73. The number of methoxy groups -OCH3 is 1. The molecule has 1 aliphatic heterocycles. The molecule has 0 bridgehead atoms. The number of ether oxygens (including phenoxy) is 1. The topological polar surface area (TPSA) is 87.7 Å². The predicted molar refractivity (Wildman–Crippen MR) is 100 cm³/mol. The molecule has 0 aliphatic carbocycles. The van der Waals surface area contributed by atoms with Gasteiger partial charge in [0.15, 0.2) is 0 Å². The first-order chi connectivity index (χ1) is 13.4. The van der Waals surface area contributed by atoms with Crippen molar-refractivity contribution in [3.05, 3.63) is 59.9 Å². The minimum atomic E-state index is -1.32. The molecule has 1 saturated heterocycles. The van der Waals surface area contributed by atoms with Crippen LogP contribution in [0.25, 0.3) is 0 Å². The molecule has 1 aliphatic rings. The van der Waals surface area contributed by atoms with Gasteiger partial charge in [-0.25, -0.2) is 9.18 Å². The van der Waals surface area contributed by atoms with Crippen molar-refractivity contribution in [1.82, 2.24) is 10.2 Å². The molecule has 0 saturated carbocycles. The summed E-state index contributed by atoms with van der Waals surface area (Å²) in [5.74, 6) is -0.953. The van der Waals surface area contributed by atoms with Crippen LogP contribution in [0.15, 0.2) is 48.5 Å². The van der Waals surface area contributed by atoms with E-state index in [0.29, 0.717) is 17.0 Å². The van der Waals surface area contributed by atoms with Gasteiger partial charge in [-0.1, -0.05) is 25.1 Å². The summed E-state index contributed by atoms with van der Waals surface area (Å²) in [6.07, 6.45) is 0.261. The zero-order valence-electron chi connectivity index (χ0n) is 15.5. The fraction of sp³-hybridized carbons (Fsp3) is 0.250. The summed E-state index contributed by atoms with van der Waals surface area (Å²) in [6, 6.07) is 11.4. The van der Waals surface area contributed by atoms with Crippen LogP contribution in [0.4, 0.5) is 14.9 Å². The van der Waals surface area contributed by atoms with Gasteiger partial charge < -0.3 is 15.4 Å². The van der Waals surface area contributed by atoms with E-state index in [1.807, 2.05) is 0 Å². The molecule has 8 heteroatoms. The van der Waals surface area contributed by atoms with Gasteiger partial charge in [-0.05, 0) is 36.2 Å². The van der Waals surface area contributed by atoms with Gasteiger partial charge in [0.2, 0.25) is 5.91 Å². The van der Waals surface area contributed by atoms with Gasteiger partial charge in [0, 0.05) is 11.8 Å². The number of imide groups is 1. The molecule has 3 rings (SSSR count). The molecule has 2 N–H and O–H groups in total. The number of amides is 4. The molecule has 2 aromatic rings. The Hall–Kier alpha value is -3.42. The minimum Gasteiger partial charge on any atom is -0.497 e. The van der Waals surface area contributed by atoms with Crippen molar-refractivity contribution < 1.29 is 23.5 Å². The highest BCUT2D eigenvalue weighted by atomic mass is 19.1. The number of hydrogen-bond acceptors (Lipinski definition) is 4. The minimum absolute atomic E-state index is 0.261. The van der Waals surface area contributed by atoms with Crippen LogP contribution in [-0.2, 0) is 15.1 Å². The van der Waals surface area contributed by atoms with Crippen molar-refractivity contribution in [2.24, 2.45) is 0 Å². The Kier molecular flexibility index (Phi) is 5.30. The number of nitrogens with zero attached hydrogens (tertiary/aromatic N) is 1. The molecule has 4 amide bonds. The summed E-state index contributed by atoms with van der Waals surface area (Å²) < 4.78 is 18.3. The summed E-state index contributed by atoms with van der Waals surface area (Å²) in [5, 5.41) is 5.29. The van der Waals surface area contributed by atoms with Gasteiger partial charge in [0.1, 0.15) is 23.7 Å². The lowest BCUT2D eigenvalue weighted by atomic mass is 9.87. The third-order valence-electron chi connectivity index (χ3n) is 4.70. The molecular formula is C20H20FN3O4. The molecule has 0 aromatic heterocycles. The Labute approximate surface area is 161 Å². The van der Waals surface area contributed by atoms with Crippen LogP contribution < -0.4 is 15.4 Å². The highest BCUT2D eigenvalue weighted by Crippen LogP contribution is 2.32. The van der Waals surface area contributed by atoms with Crippen LogP contribution in [0.1, 0.15) is 18.9 Å². The molecule has 28 heavy (non-hydrogen) atoms. The highest BCUT2D eigenvalue weighted by molar-refractivity contribution is 6.10. The van der Waals surface area contributed by atoms with Gasteiger partial charge in [0.05, 0.1) is 7.11 Å². The van der Waals surface area contributed by atoms with E-state index in [4.69, 9.17) is 4.74 Å². The smallest absolute Gasteiger partial charge is 0.325 e. The first kappa shape index (κ1) is 19.3. The van der Waals surface area contributed by atoms with Gasteiger partial charge >= 0.3 is 6.03 Å². The second kappa shape index (κ2) is 7.67. The maximum Gasteiger partial charge on any atom is 0.325 e. The van der Waals surface area contributed by atoms with E-state index in [1.165, 1.54) is 31.4 Å². The lowest BCUT2D eigenvalue weighted by molar-refractivity contribution is -0.134. The Bertz CT molecular complexity index is 916. The highest BCUT2D eigenvalue weighted by Gasteiger charge is 2.51. The molecule has 0 unspecified atom stereocenters. The predicted octanol–water partition coefficient (Wildman–Crippen LogP) is 2.63. The maximum atomic E-state index is 13.2. The summed E-state index contributed by atoms with van der Waals surface area (Å²) in [4.78, 5) is 38.6. The summed E-state index contributed by atoms with van der Waals surface area (Å²) in [6.45, 7) is 1.30. The molecule has 7 nitrogen and oxygen atoms in total. The molecule has 1 fully saturated rings. The summed E-state index contributed by atoms with van der Waals surface area (Å²) in [7, 11) is 1.51. The molecule has 1 heterocycles. The number of rotatable bonds is 6. The van der Waals surface area contributed by atoms with Crippen LogP contribution >= 0.6 is 0 Å². The van der Waals surface area contributed by atoms with E-state index >= 15 is 0 Å². The molecule has 0 radical (unpaired) electrons. The molecule has 0 spiro atoms. The van der Waals surface area contributed by atoms with Crippen molar-refractivity contribution in [2.75, 3.05) is 19.0 Å². The zero-order chi connectivity index (χ0) is 20.3. The maximum absolute atomic E-state index is 13.2. The van der Waals surface area contributed by atoms with Crippen LogP contribution in [-0.4, -0.2) is 36.4 Å². The van der Waals surface area contributed by atoms with Crippen molar-refractivity contribution in [3.63, 3.8) is 0 Å². The number of nitrogens with one attached hydrogen (secondary N) is 2. The Morgan fingerprint density at radius 3 is 2.57 bits per heavy atom. The average Bonchev–Trinajstić information content (AvgIpc) is 2.93. The molecular weight excluding hydrogens is 365 g/mol. The quantitative estimate of drug-likeness (QED) is 0.749. The van der Waals surface area contributed by atoms with E-state index in [-0.39, 0.29) is 6.42 Å². The molecule has 146 valence electrons. The lowest BCUT2D eigenvalue weighted by Gasteiger charge is -2.25. The Morgan fingerprint density at radius 1 is 1.21 bits per heavy atom. The average molecular weight is 385 g/mol. The van der Waals surface area contributed by atoms with Gasteiger partial charge in [-0.3, -0.25) is 14.5 Å². The third-order valence-corrected chi connectivity index (χ3v) is 4.70. The van der Waals surface area contributed by atoms with Crippen LogP contribution in [0, 0.1) is 5.82 Å². The summed E-state index contributed by atoms with van der Waals surface area (Å²) >= 11 is 0. The Morgan fingerprint density at radius 2 is 1.93 bits per heavy atom. The standard InChI is InChI=1S/C20H20FN3O4/c1-3-20(13-7-9-14(21)10-8-13)18(26)24(19(27)23-20)12-17(25)22-15-5-4-6-16(11-15)28-2/h4-11H,3,12H2,1-2H3,(H,22,25)(H,23,27)/t20-/m1/s1. The zero-order valence-corrected chi connectivity index (χ0v) is 15.5. The monoisotopic (exact) mass is 385 g/mol. The fourth-order valence-corrected chi connectivity index (χ4v) is 3.19. The van der Waals surface area contributed by atoms with E-state index in [0.717, 1.165) is 4.90 Å². The van der Waals surface area contributed by atoms with Crippen molar-refractivity contribution in [3.8, 4) is 5.75 Å². The second-order valence-electron chi connectivity index (χ2n) is 6.37. The number of carbonyl (C=O) groups is 3. The number of hydrogen-bond donors (Lipinski definition) is 2. The number of urea groups is 1. The fourth-order valence-electron chi connectivity index (χ4n) is 3.19. The number of halogens is 1. The van der Waals surface area contributed by atoms with E-state index in [1.54, 1.807) is 31.2 Å². The normalized spacial score (nSPS) is 18.8. The molecule has 2 aromatic carbocycles. The second-order valence-corrected chi connectivity index (χ2v) is 6.37. The summed E-state index contributed by atoms with van der Waals surface area (Å²) in [5.41, 5.74) is -0.372. The van der Waals surface area contributed by atoms with Gasteiger partial charge in [-0.15, -0.1) is 0 Å². The third kappa shape index (κ3) is 3.53. The van der Waals surface area contributed by atoms with Crippen molar-refractivity contribution in [1.29, 1.82) is 0 Å². The Balaban J connectivity index is 1.77. The van der Waals surface area contributed by atoms with Gasteiger partial charge in [-0.2, -0.15) is 0 Å². The number of carbonyl (C=O) groups excluding carboxylic acids is 3. The lowest BCUT2D eigenvalue weighted by Crippen LogP contribution is -2.44. The van der Waals surface area contributed by atoms with Crippen LogP contribution in [0.2, 0.25) is 0 Å². The first-order valence-electron chi connectivity index (χ1n) is 8.73. The van der Waals surface area contributed by atoms with E-state index in [9.17, 15) is 18.8 Å². The van der Waals surface area contributed by atoms with E-state index in [2.05, 4.69) is 10.6 Å². The van der Waals surface area contributed by atoms with Crippen molar-refractivity contribution >= 4 is 23.5 Å². The van der Waals surface area contributed by atoms with Crippen LogP contribution in [0.5, 0.6) is 5.75 Å². The largest absolute Gasteiger partial charge is 0.497 e. The van der Waals surface area contributed by atoms with Crippen molar-refractivity contribution in [2.45, 2.75) is 18.9 Å². The number of anilines is 1. The van der Waals surface area contributed by atoms with Gasteiger partial charge in [0.25, 0.3) is 5.91 Å². The van der Waals surface area contributed by atoms with Crippen LogP contribution in [0.3, 0.4) is 0 Å².